The zero-order valence-electron chi connectivity index (χ0n) is 11.4. The summed E-state index contributed by atoms with van der Waals surface area (Å²) in [5.74, 6) is -1.10. The Hall–Kier alpha value is -2.43. The molecule has 1 aromatic carbocycles. The first-order valence-electron chi connectivity index (χ1n) is 6.26. The number of nitrogens with zero attached hydrogens (tertiary/aromatic N) is 2. The van der Waals surface area contributed by atoms with Gasteiger partial charge in [0.25, 0.3) is 0 Å². The number of benzene rings is 1. The summed E-state index contributed by atoms with van der Waals surface area (Å²) in [5.41, 5.74) is 2.04. The van der Waals surface area contributed by atoms with Crippen LogP contribution in [0.5, 0.6) is 5.88 Å². The van der Waals surface area contributed by atoms with Crippen LogP contribution in [-0.2, 0) is 11.2 Å². The molecule has 104 valence electrons. The Morgan fingerprint density at radius 2 is 2.10 bits per heavy atom. The molecule has 0 bridgehead atoms. The van der Waals surface area contributed by atoms with Crippen molar-refractivity contribution in [3.05, 3.63) is 53.5 Å². The van der Waals surface area contributed by atoms with E-state index in [2.05, 4.69) is 9.97 Å². The van der Waals surface area contributed by atoms with Gasteiger partial charge in [-0.1, -0.05) is 24.3 Å². The van der Waals surface area contributed by atoms with Crippen molar-refractivity contribution in [2.75, 3.05) is 7.11 Å². The van der Waals surface area contributed by atoms with Crippen molar-refractivity contribution in [3.63, 3.8) is 0 Å². The van der Waals surface area contributed by atoms with Crippen LogP contribution in [0, 0.1) is 6.92 Å². The number of rotatable bonds is 5. The molecule has 0 aliphatic rings. The molecule has 1 aromatic heterocycles. The summed E-state index contributed by atoms with van der Waals surface area (Å²) in [6, 6.07) is 9.30. The maximum Gasteiger partial charge on any atom is 0.314 e. The predicted molar refractivity (Wildman–Crippen MR) is 73.8 cm³/mol. The van der Waals surface area contributed by atoms with Crippen LogP contribution in [0.25, 0.3) is 0 Å². The predicted octanol–water partition coefficient (Wildman–Crippen LogP) is 2.20. The molecule has 1 atom stereocenters. The van der Waals surface area contributed by atoms with Gasteiger partial charge in [-0.3, -0.25) is 4.79 Å². The minimum atomic E-state index is -0.943. The van der Waals surface area contributed by atoms with E-state index < -0.39 is 11.9 Å². The fourth-order valence-electron chi connectivity index (χ4n) is 1.99. The van der Waals surface area contributed by atoms with Gasteiger partial charge in [-0.05, 0) is 24.5 Å². The molecule has 0 spiro atoms. The fourth-order valence-corrected chi connectivity index (χ4v) is 1.99. The Morgan fingerprint density at radius 1 is 1.35 bits per heavy atom. The average Bonchev–Trinajstić information content (AvgIpc) is 2.46. The molecule has 1 N–H and O–H groups in total. The Bertz CT molecular complexity index is 614. The quantitative estimate of drug-likeness (QED) is 0.903. The molecule has 1 unspecified atom stereocenters. The summed E-state index contributed by atoms with van der Waals surface area (Å²) in [6.07, 6.45) is 1.87. The summed E-state index contributed by atoms with van der Waals surface area (Å²) in [7, 11) is 1.49. The Morgan fingerprint density at radius 3 is 2.75 bits per heavy atom. The van der Waals surface area contributed by atoms with E-state index in [0.29, 0.717) is 12.3 Å². The molecule has 5 nitrogen and oxygen atoms in total. The second-order valence-electron chi connectivity index (χ2n) is 4.48. The highest BCUT2D eigenvalue weighted by Crippen LogP contribution is 2.21. The highest BCUT2D eigenvalue weighted by atomic mass is 16.5. The lowest BCUT2D eigenvalue weighted by Gasteiger charge is -2.13. The number of ether oxygens (including phenoxy) is 1. The number of carbonyl (C=O) groups is 1. The van der Waals surface area contributed by atoms with Gasteiger partial charge in [-0.25, -0.2) is 4.98 Å². The number of hydrogen-bond acceptors (Lipinski definition) is 4. The highest BCUT2D eigenvalue weighted by Gasteiger charge is 2.24. The van der Waals surface area contributed by atoms with E-state index in [1.54, 1.807) is 6.07 Å². The third-order valence-electron chi connectivity index (χ3n) is 3.15. The van der Waals surface area contributed by atoms with Gasteiger partial charge in [-0.15, -0.1) is 0 Å². The van der Waals surface area contributed by atoms with Crippen LogP contribution >= 0.6 is 0 Å². The normalized spacial score (nSPS) is 11.9. The number of aryl methyl sites for hydroxylation is 1. The van der Waals surface area contributed by atoms with Gasteiger partial charge in [0.15, 0.2) is 0 Å². The second-order valence-corrected chi connectivity index (χ2v) is 4.48. The summed E-state index contributed by atoms with van der Waals surface area (Å²) in [4.78, 5) is 19.7. The highest BCUT2D eigenvalue weighted by molar-refractivity contribution is 5.75. The molecule has 0 radical (unpaired) electrons. The van der Waals surface area contributed by atoms with E-state index in [4.69, 9.17) is 4.74 Å². The van der Waals surface area contributed by atoms with E-state index in [0.717, 1.165) is 11.1 Å². The van der Waals surface area contributed by atoms with Gasteiger partial charge in [-0.2, -0.15) is 4.98 Å². The maximum absolute atomic E-state index is 11.5. The Balaban J connectivity index is 2.32. The SMILES string of the molecule is COc1ccnc(C(Cc2ccccc2C)C(=O)O)n1. The van der Waals surface area contributed by atoms with Gasteiger partial charge < -0.3 is 9.84 Å². The molecule has 0 saturated heterocycles. The molecule has 20 heavy (non-hydrogen) atoms. The molecule has 2 aromatic rings. The molecule has 1 heterocycles. The Kier molecular flexibility index (Phi) is 4.30. The van der Waals surface area contributed by atoms with E-state index in [-0.39, 0.29) is 5.82 Å². The number of methoxy groups -OCH3 is 1. The van der Waals surface area contributed by atoms with Crippen LogP contribution in [-0.4, -0.2) is 28.2 Å². The zero-order valence-corrected chi connectivity index (χ0v) is 11.4. The topological polar surface area (TPSA) is 72.3 Å². The number of aromatic nitrogens is 2. The van der Waals surface area contributed by atoms with Crippen molar-refractivity contribution >= 4 is 5.97 Å². The number of aliphatic carboxylic acids is 1. The molecular formula is C15H16N2O3. The van der Waals surface area contributed by atoms with Gasteiger partial charge in [0, 0.05) is 12.3 Å². The lowest BCUT2D eigenvalue weighted by atomic mass is 9.95. The molecular weight excluding hydrogens is 256 g/mol. The zero-order chi connectivity index (χ0) is 14.5. The lowest BCUT2D eigenvalue weighted by molar-refractivity contribution is -0.139. The fraction of sp³-hybridized carbons (Fsp3) is 0.267. The van der Waals surface area contributed by atoms with E-state index in [1.807, 2.05) is 31.2 Å². The van der Waals surface area contributed by atoms with E-state index >= 15 is 0 Å². The minimum absolute atomic E-state index is 0.264. The van der Waals surface area contributed by atoms with Crippen molar-refractivity contribution in [1.29, 1.82) is 0 Å². The van der Waals surface area contributed by atoms with Crippen molar-refractivity contribution in [3.8, 4) is 5.88 Å². The first-order valence-corrected chi connectivity index (χ1v) is 6.26. The molecule has 0 aliphatic carbocycles. The van der Waals surface area contributed by atoms with Crippen LogP contribution in [0.4, 0.5) is 0 Å². The van der Waals surface area contributed by atoms with Crippen molar-refractivity contribution in [2.24, 2.45) is 0 Å². The number of hydrogen-bond donors (Lipinski definition) is 1. The monoisotopic (exact) mass is 272 g/mol. The van der Waals surface area contributed by atoms with Crippen LogP contribution < -0.4 is 4.74 Å². The Labute approximate surface area is 117 Å². The lowest BCUT2D eigenvalue weighted by Crippen LogP contribution is -2.18. The van der Waals surface area contributed by atoms with Crippen LogP contribution in [0.3, 0.4) is 0 Å². The molecule has 0 amide bonds. The second kappa shape index (κ2) is 6.14. The van der Waals surface area contributed by atoms with Gasteiger partial charge in [0.2, 0.25) is 5.88 Å². The number of carboxylic acid groups (broad SMARTS) is 1. The molecule has 0 fully saturated rings. The molecule has 5 heteroatoms. The van der Waals surface area contributed by atoms with Crippen molar-refractivity contribution in [2.45, 2.75) is 19.3 Å². The van der Waals surface area contributed by atoms with Crippen LogP contribution in [0.2, 0.25) is 0 Å². The third kappa shape index (κ3) is 3.12. The molecule has 2 rings (SSSR count). The van der Waals surface area contributed by atoms with E-state index in [1.165, 1.54) is 13.3 Å². The van der Waals surface area contributed by atoms with Gasteiger partial charge in [0.05, 0.1) is 7.11 Å². The van der Waals surface area contributed by atoms with Gasteiger partial charge in [0.1, 0.15) is 11.7 Å². The third-order valence-corrected chi connectivity index (χ3v) is 3.15. The largest absolute Gasteiger partial charge is 0.481 e. The molecule has 0 saturated carbocycles. The first kappa shape index (κ1) is 14.0. The summed E-state index contributed by atoms with van der Waals surface area (Å²) in [6.45, 7) is 1.96. The minimum Gasteiger partial charge on any atom is -0.481 e. The summed E-state index contributed by atoms with van der Waals surface area (Å²) >= 11 is 0. The summed E-state index contributed by atoms with van der Waals surface area (Å²) in [5, 5.41) is 9.42. The first-order chi connectivity index (χ1) is 9.61. The van der Waals surface area contributed by atoms with Crippen LogP contribution in [0.1, 0.15) is 22.9 Å². The van der Waals surface area contributed by atoms with Crippen molar-refractivity contribution in [1.82, 2.24) is 9.97 Å². The van der Waals surface area contributed by atoms with Gasteiger partial charge >= 0.3 is 5.97 Å². The smallest absolute Gasteiger partial charge is 0.314 e. The number of carboxylic acids is 1. The summed E-state index contributed by atoms with van der Waals surface area (Å²) < 4.78 is 5.01. The average molecular weight is 272 g/mol. The van der Waals surface area contributed by atoms with Crippen LogP contribution in [0.15, 0.2) is 36.5 Å². The van der Waals surface area contributed by atoms with E-state index in [9.17, 15) is 9.90 Å². The maximum atomic E-state index is 11.5. The van der Waals surface area contributed by atoms with Crippen molar-refractivity contribution < 1.29 is 14.6 Å². The standard InChI is InChI=1S/C15H16N2O3/c1-10-5-3-4-6-11(10)9-12(15(18)19)14-16-8-7-13(17-14)20-2/h3-8,12H,9H2,1-2H3,(H,18,19). The molecule has 0 aliphatic heterocycles.